The zero-order valence-corrected chi connectivity index (χ0v) is 64.4. The molecule has 0 aromatic carbocycles. The van der Waals surface area contributed by atoms with Crippen LogP contribution in [0.1, 0.15) is 399 Å². The molecule has 6 N–H and O–H groups in total. The van der Waals surface area contributed by atoms with Gasteiger partial charge in [0.05, 0.1) is 32.0 Å². The van der Waals surface area contributed by atoms with Crippen molar-refractivity contribution in [2.45, 2.75) is 442 Å². The van der Waals surface area contributed by atoms with E-state index in [9.17, 15) is 35.1 Å². The third-order valence-electron chi connectivity index (χ3n) is 19.7. The molecule has 0 spiro atoms. The van der Waals surface area contributed by atoms with Gasteiger partial charge in [-0.3, -0.25) is 9.59 Å². The Bertz CT molecular complexity index is 1930. The number of rotatable bonds is 75. The van der Waals surface area contributed by atoms with Crippen molar-refractivity contribution in [2.24, 2.45) is 0 Å². The first-order valence-corrected chi connectivity index (χ1v) is 42.4. The second-order valence-electron chi connectivity index (χ2n) is 29.2. The third kappa shape index (κ3) is 64.2. The summed E-state index contributed by atoms with van der Waals surface area (Å²) in [5.41, 5.74) is 0. The summed E-state index contributed by atoms with van der Waals surface area (Å²) in [6.45, 7) is 4.32. The molecule has 1 amide bonds. The van der Waals surface area contributed by atoms with Crippen LogP contribution in [0.5, 0.6) is 0 Å². The minimum Gasteiger partial charge on any atom is -0.466 e. The molecule has 0 bridgehead atoms. The van der Waals surface area contributed by atoms with Crippen LogP contribution < -0.4 is 5.32 Å². The number of carbonyl (C=O) groups is 2. The minimum absolute atomic E-state index is 0.00697. The summed E-state index contributed by atoms with van der Waals surface area (Å²) >= 11 is 0. The van der Waals surface area contributed by atoms with Crippen LogP contribution in [0.3, 0.4) is 0 Å². The Morgan fingerprint density at radius 3 is 1.06 bits per heavy atom. The molecule has 1 heterocycles. The number of ether oxygens (including phenoxy) is 3. The maximum Gasteiger partial charge on any atom is 0.305 e. The SMILES string of the molecule is CCCCCC/C=C\C/C=C\CCCCCCCCCC(=O)OCCCCCCCCCCCCCCCCC/C=C\C/C=C\CCCCCCCCCCCCCCCCCCCC(=O)NC(COC1OC(CO)C(O)C(O)C1O)C(O)/C=C/CC/C=C/CC/C=C/CCCCCC. The monoisotopic (exact) mass is 1390 g/mol. The molecule has 11 nitrogen and oxygen atoms in total. The van der Waals surface area contributed by atoms with Crippen molar-refractivity contribution in [3.63, 3.8) is 0 Å². The zero-order chi connectivity index (χ0) is 71.5. The van der Waals surface area contributed by atoms with E-state index in [4.69, 9.17) is 14.2 Å². The molecule has 576 valence electrons. The number of aliphatic hydroxyl groups is 5. The van der Waals surface area contributed by atoms with Crippen molar-refractivity contribution < 1.29 is 49.3 Å². The molecule has 1 saturated heterocycles. The van der Waals surface area contributed by atoms with Crippen LogP contribution in [0, 0.1) is 0 Å². The lowest BCUT2D eigenvalue weighted by Gasteiger charge is -2.40. The zero-order valence-electron chi connectivity index (χ0n) is 64.4. The molecule has 0 saturated carbocycles. The predicted octanol–water partition coefficient (Wildman–Crippen LogP) is 23.5. The first-order chi connectivity index (χ1) is 48.7. The minimum atomic E-state index is -1.58. The smallest absolute Gasteiger partial charge is 0.305 e. The van der Waals surface area contributed by atoms with E-state index in [-0.39, 0.29) is 18.5 Å². The molecule has 1 aliphatic heterocycles. The van der Waals surface area contributed by atoms with Gasteiger partial charge in [-0.15, -0.1) is 0 Å². The van der Waals surface area contributed by atoms with Gasteiger partial charge in [-0.25, -0.2) is 0 Å². The van der Waals surface area contributed by atoms with E-state index < -0.39 is 49.5 Å². The molecule has 11 heteroatoms. The van der Waals surface area contributed by atoms with E-state index in [2.05, 4.69) is 92.1 Å². The van der Waals surface area contributed by atoms with Crippen LogP contribution >= 0.6 is 0 Å². The van der Waals surface area contributed by atoms with E-state index in [1.165, 1.54) is 289 Å². The number of aliphatic hydroxyl groups excluding tert-OH is 5. The molecule has 0 aromatic rings. The Morgan fingerprint density at radius 2 is 0.687 bits per heavy atom. The van der Waals surface area contributed by atoms with Crippen molar-refractivity contribution in [1.29, 1.82) is 0 Å². The molecule has 0 aliphatic carbocycles. The van der Waals surface area contributed by atoms with E-state index in [1.807, 2.05) is 6.08 Å². The summed E-state index contributed by atoms with van der Waals surface area (Å²) in [7, 11) is 0. The van der Waals surface area contributed by atoms with Crippen LogP contribution in [-0.2, 0) is 23.8 Å². The summed E-state index contributed by atoms with van der Waals surface area (Å²) in [6.07, 6.45) is 96.3. The molecule has 1 rings (SSSR count). The highest BCUT2D eigenvalue weighted by molar-refractivity contribution is 5.76. The van der Waals surface area contributed by atoms with E-state index in [1.54, 1.807) is 6.08 Å². The van der Waals surface area contributed by atoms with Crippen LogP contribution in [0.25, 0.3) is 0 Å². The van der Waals surface area contributed by atoms with Crippen molar-refractivity contribution in [2.75, 3.05) is 19.8 Å². The van der Waals surface area contributed by atoms with Gasteiger partial charge >= 0.3 is 5.97 Å². The van der Waals surface area contributed by atoms with Gasteiger partial charge in [-0.2, -0.15) is 0 Å². The summed E-state index contributed by atoms with van der Waals surface area (Å²) in [4.78, 5) is 25.2. The molecule has 0 aromatic heterocycles. The normalized spacial score (nSPS) is 17.6. The van der Waals surface area contributed by atoms with E-state index in [0.29, 0.717) is 19.4 Å². The third-order valence-corrected chi connectivity index (χ3v) is 19.7. The molecular formula is C88H159NO10. The average Bonchev–Trinajstić information content (AvgIpc) is 0.826. The molecular weight excluding hydrogens is 1230 g/mol. The summed E-state index contributed by atoms with van der Waals surface area (Å²) in [5.74, 6) is -0.186. The highest BCUT2D eigenvalue weighted by Gasteiger charge is 2.44. The number of allylic oxidation sites excluding steroid dienone is 13. The van der Waals surface area contributed by atoms with Crippen molar-refractivity contribution in [3.05, 3.63) is 85.1 Å². The molecule has 7 unspecified atom stereocenters. The predicted molar refractivity (Wildman–Crippen MR) is 421 cm³/mol. The van der Waals surface area contributed by atoms with E-state index in [0.717, 1.165) is 83.5 Å². The summed E-state index contributed by atoms with van der Waals surface area (Å²) < 4.78 is 16.8. The quantitative estimate of drug-likeness (QED) is 0.0195. The topological polar surface area (TPSA) is 175 Å². The maximum absolute atomic E-state index is 13.1. The van der Waals surface area contributed by atoms with Crippen molar-refractivity contribution in [3.8, 4) is 0 Å². The Morgan fingerprint density at radius 1 is 0.374 bits per heavy atom. The van der Waals surface area contributed by atoms with Gasteiger partial charge in [0.25, 0.3) is 0 Å². The Hall–Kier alpha value is -3.16. The lowest BCUT2D eigenvalue weighted by Crippen LogP contribution is -2.60. The summed E-state index contributed by atoms with van der Waals surface area (Å²) in [6, 6.07) is -0.834. The van der Waals surface area contributed by atoms with Gasteiger partial charge in [-0.05, 0) is 122 Å². The van der Waals surface area contributed by atoms with Crippen LogP contribution in [0.15, 0.2) is 85.1 Å². The fourth-order valence-electron chi connectivity index (χ4n) is 13.1. The number of hydrogen-bond acceptors (Lipinski definition) is 10. The Labute approximate surface area is 610 Å². The van der Waals surface area contributed by atoms with Gasteiger partial charge in [-0.1, -0.05) is 349 Å². The van der Waals surface area contributed by atoms with Crippen molar-refractivity contribution >= 4 is 11.9 Å². The molecule has 99 heavy (non-hydrogen) atoms. The lowest BCUT2D eigenvalue weighted by molar-refractivity contribution is -0.302. The fraction of sp³-hybridized carbons (Fsp3) is 0.818. The first-order valence-electron chi connectivity index (χ1n) is 42.4. The average molecular weight is 1390 g/mol. The van der Waals surface area contributed by atoms with Crippen LogP contribution in [0.2, 0.25) is 0 Å². The number of esters is 1. The van der Waals surface area contributed by atoms with Crippen LogP contribution in [-0.4, -0.2) is 100 Å². The number of nitrogens with one attached hydrogen (secondary N) is 1. The second-order valence-corrected chi connectivity index (χ2v) is 29.2. The van der Waals surface area contributed by atoms with Gasteiger partial charge in [0.2, 0.25) is 5.91 Å². The largest absolute Gasteiger partial charge is 0.466 e. The molecule has 1 fully saturated rings. The summed E-state index contributed by atoms with van der Waals surface area (Å²) in [5, 5.41) is 54.6. The number of unbranched alkanes of at least 4 members (excludes halogenated alkanes) is 49. The highest BCUT2D eigenvalue weighted by Crippen LogP contribution is 2.24. The van der Waals surface area contributed by atoms with Crippen LogP contribution in [0.4, 0.5) is 0 Å². The fourth-order valence-corrected chi connectivity index (χ4v) is 13.1. The highest BCUT2D eigenvalue weighted by atomic mass is 16.7. The van der Waals surface area contributed by atoms with E-state index >= 15 is 0 Å². The standard InChI is InChI=1S/C88H159NO10/c1-3-5-7-9-11-13-15-17-19-20-45-48-52-56-60-64-68-72-76-84(93)97-77-73-69-65-61-57-53-49-46-43-41-39-37-35-33-31-29-27-25-23-21-22-24-26-28-30-32-34-36-38-40-42-44-47-51-55-59-63-67-71-75-83(92)89-80(79-98-88-87(96)86(95)85(94)82(78-90)99-88)81(91)74-70-66-62-58-54-50-18-16-14-12-10-8-6-4-2/h13-16,19-22,25,27,54,58,70,74,80-82,85-88,90-91,94-96H,3-12,17-18,23-24,26,28-53,55-57,59-69,71-73,75-79H2,1-2H3,(H,89,92)/b15-13-,16-14+,20-19-,22-21-,27-25-,58-54+,74-70+. The number of hydrogen-bond donors (Lipinski definition) is 6. The number of amides is 1. The first kappa shape index (κ1) is 93.9. The Kier molecular flexibility index (Phi) is 72.0. The Balaban J connectivity index is 1.90. The molecule has 7 atom stereocenters. The van der Waals surface area contributed by atoms with Gasteiger partial charge in [0.15, 0.2) is 6.29 Å². The molecule has 1 aliphatic rings. The van der Waals surface area contributed by atoms with Gasteiger partial charge in [0, 0.05) is 12.8 Å². The molecule has 0 radical (unpaired) electrons. The number of carbonyl (C=O) groups excluding carboxylic acids is 2. The van der Waals surface area contributed by atoms with Crippen molar-refractivity contribution in [1.82, 2.24) is 5.32 Å². The lowest BCUT2D eigenvalue weighted by atomic mass is 9.99. The maximum atomic E-state index is 13.1. The van der Waals surface area contributed by atoms with Gasteiger partial charge in [0.1, 0.15) is 24.4 Å². The van der Waals surface area contributed by atoms with Gasteiger partial charge < -0.3 is 45.1 Å². The second kappa shape index (κ2) is 76.0.